The van der Waals surface area contributed by atoms with Crippen LogP contribution in [-0.2, 0) is 0 Å². The summed E-state index contributed by atoms with van der Waals surface area (Å²) in [4.78, 5) is 16.3. The third kappa shape index (κ3) is 7.08. The number of amides is 1. The van der Waals surface area contributed by atoms with E-state index in [1.165, 1.54) is 24.3 Å². The first-order chi connectivity index (χ1) is 12.0. The SMILES string of the molecule is CN(C)CCSC[C@H]1CC[C@H](N(C)C(=O)Oc2ccc(Cl)cc2)CC1. The van der Waals surface area contributed by atoms with E-state index in [2.05, 4.69) is 19.0 Å². The normalized spacial score (nSPS) is 20.5. The molecule has 0 aromatic heterocycles. The van der Waals surface area contributed by atoms with Crippen molar-refractivity contribution in [3.05, 3.63) is 29.3 Å². The Morgan fingerprint density at radius 2 is 1.80 bits per heavy atom. The standard InChI is InChI=1S/C19H29ClN2O2S/c1-21(2)12-13-25-14-15-4-8-17(9-5-15)22(3)19(23)24-18-10-6-16(20)7-11-18/h6-7,10-11,15,17H,4-5,8-9,12-14H2,1-3H3/t15-,17-. The number of halogens is 1. The van der Waals surface area contributed by atoms with E-state index in [0.717, 1.165) is 25.3 Å². The Kier molecular flexibility index (Phi) is 8.40. The van der Waals surface area contributed by atoms with Crippen LogP contribution in [0.5, 0.6) is 5.75 Å². The predicted molar refractivity (Wildman–Crippen MR) is 107 cm³/mol. The minimum Gasteiger partial charge on any atom is -0.410 e. The second-order valence-electron chi connectivity index (χ2n) is 6.99. The lowest BCUT2D eigenvalue weighted by Gasteiger charge is -2.34. The van der Waals surface area contributed by atoms with Crippen LogP contribution >= 0.6 is 23.4 Å². The molecule has 2 rings (SSSR count). The number of nitrogens with zero attached hydrogens (tertiary/aromatic N) is 2. The zero-order chi connectivity index (χ0) is 18.2. The lowest BCUT2D eigenvalue weighted by atomic mass is 9.87. The van der Waals surface area contributed by atoms with Gasteiger partial charge >= 0.3 is 6.09 Å². The van der Waals surface area contributed by atoms with Gasteiger partial charge in [-0.3, -0.25) is 0 Å². The van der Waals surface area contributed by atoms with Crippen LogP contribution in [0, 0.1) is 5.92 Å². The first-order valence-electron chi connectivity index (χ1n) is 8.88. The molecule has 1 amide bonds. The van der Waals surface area contributed by atoms with Gasteiger partial charge in [0.05, 0.1) is 0 Å². The first kappa shape index (κ1) is 20.4. The van der Waals surface area contributed by atoms with Gasteiger partial charge in [0.2, 0.25) is 0 Å². The largest absolute Gasteiger partial charge is 0.415 e. The fraction of sp³-hybridized carbons (Fsp3) is 0.632. The summed E-state index contributed by atoms with van der Waals surface area (Å²) in [7, 11) is 6.07. The molecule has 1 aliphatic carbocycles. The molecule has 25 heavy (non-hydrogen) atoms. The van der Waals surface area contributed by atoms with Crippen molar-refractivity contribution in [2.45, 2.75) is 31.7 Å². The number of ether oxygens (including phenoxy) is 1. The van der Waals surface area contributed by atoms with Gasteiger partial charge in [0, 0.05) is 30.4 Å². The molecule has 0 atom stereocenters. The molecule has 0 heterocycles. The highest BCUT2D eigenvalue weighted by molar-refractivity contribution is 7.99. The second kappa shape index (κ2) is 10.3. The van der Waals surface area contributed by atoms with Gasteiger partial charge in [-0.1, -0.05) is 11.6 Å². The maximum atomic E-state index is 12.3. The quantitative estimate of drug-likeness (QED) is 0.642. The number of rotatable bonds is 7. The molecule has 0 radical (unpaired) electrons. The summed E-state index contributed by atoms with van der Waals surface area (Å²) in [5.74, 6) is 3.75. The monoisotopic (exact) mass is 384 g/mol. The van der Waals surface area contributed by atoms with Crippen molar-refractivity contribution in [2.24, 2.45) is 5.92 Å². The molecule has 0 spiro atoms. The van der Waals surface area contributed by atoms with E-state index in [1.54, 1.807) is 29.2 Å². The van der Waals surface area contributed by atoms with Crippen LogP contribution < -0.4 is 4.74 Å². The zero-order valence-corrected chi connectivity index (χ0v) is 17.0. The number of hydrogen-bond donors (Lipinski definition) is 0. The van der Waals surface area contributed by atoms with Crippen molar-refractivity contribution in [3.63, 3.8) is 0 Å². The summed E-state index contributed by atoms with van der Waals surface area (Å²) in [6.07, 6.45) is 4.22. The summed E-state index contributed by atoms with van der Waals surface area (Å²) in [6.45, 7) is 1.14. The van der Waals surface area contributed by atoms with Gasteiger partial charge in [0.1, 0.15) is 5.75 Å². The maximum absolute atomic E-state index is 12.3. The van der Waals surface area contributed by atoms with E-state index in [-0.39, 0.29) is 12.1 Å². The topological polar surface area (TPSA) is 32.8 Å². The van der Waals surface area contributed by atoms with E-state index >= 15 is 0 Å². The fourth-order valence-electron chi connectivity index (χ4n) is 3.02. The number of carbonyl (C=O) groups excluding carboxylic acids is 1. The molecule has 1 aromatic rings. The molecular weight excluding hydrogens is 356 g/mol. The smallest absolute Gasteiger partial charge is 0.410 e. The van der Waals surface area contributed by atoms with Crippen molar-refractivity contribution in [1.82, 2.24) is 9.80 Å². The molecule has 0 unspecified atom stereocenters. The second-order valence-corrected chi connectivity index (χ2v) is 8.57. The van der Waals surface area contributed by atoms with Crippen LogP contribution in [0.25, 0.3) is 0 Å². The van der Waals surface area contributed by atoms with E-state index < -0.39 is 0 Å². The van der Waals surface area contributed by atoms with Crippen molar-refractivity contribution in [3.8, 4) is 5.75 Å². The van der Waals surface area contributed by atoms with Gasteiger partial charge in [-0.2, -0.15) is 11.8 Å². The summed E-state index contributed by atoms with van der Waals surface area (Å²) < 4.78 is 5.43. The number of thioether (sulfide) groups is 1. The van der Waals surface area contributed by atoms with Gasteiger partial charge in [-0.25, -0.2) is 4.79 Å². The van der Waals surface area contributed by atoms with Gasteiger partial charge in [0.25, 0.3) is 0 Å². The van der Waals surface area contributed by atoms with Crippen LogP contribution in [0.4, 0.5) is 4.79 Å². The Balaban J connectivity index is 1.70. The van der Waals surface area contributed by atoms with Gasteiger partial charge in [-0.05, 0) is 75.7 Å². The highest BCUT2D eigenvalue weighted by Crippen LogP contribution is 2.30. The molecule has 0 aliphatic heterocycles. The highest BCUT2D eigenvalue weighted by Gasteiger charge is 2.27. The van der Waals surface area contributed by atoms with Crippen molar-refractivity contribution >= 4 is 29.5 Å². The van der Waals surface area contributed by atoms with Crippen LogP contribution in [-0.4, -0.2) is 61.1 Å². The van der Waals surface area contributed by atoms with Crippen molar-refractivity contribution in [1.29, 1.82) is 0 Å². The molecule has 0 N–H and O–H groups in total. The Hall–Kier alpha value is -0.910. The van der Waals surface area contributed by atoms with Gasteiger partial charge in [-0.15, -0.1) is 0 Å². The Labute approximate surface area is 160 Å². The molecule has 140 valence electrons. The van der Waals surface area contributed by atoms with Crippen LogP contribution in [0.15, 0.2) is 24.3 Å². The average Bonchev–Trinajstić information content (AvgIpc) is 2.60. The Morgan fingerprint density at radius 3 is 2.40 bits per heavy atom. The fourth-order valence-corrected chi connectivity index (χ4v) is 4.47. The van der Waals surface area contributed by atoms with Crippen LogP contribution in [0.2, 0.25) is 5.02 Å². The summed E-state index contributed by atoms with van der Waals surface area (Å²) in [5.41, 5.74) is 0. The van der Waals surface area contributed by atoms with Crippen molar-refractivity contribution < 1.29 is 9.53 Å². The van der Waals surface area contributed by atoms with Crippen molar-refractivity contribution in [2.75, 3.05) is 39.2 Å². The first-order valence-corrected chi connectivity index (χ1v) is 10.4. The summed E-state index contributed by atoms with van der Waals surface area (Å²) in [6, 6.07) is 7.17. The van der Waals surface area contributed by atoms with E-state index in [1.807, 2.05) is 18.8 Å². The zero-order valence-electron chi connectivity index (χ0n) is 15.4. The Morgan fingerprint density at radius 1 is 1.16 bits per heavy atom. The minimum atomic E-state index is -0.286. The predicted octanol–water partition coefficient (Wildman–Crippen LogP) is 4.62. The van der Waals surface area contributed by atoms with E-state index in [9.17, 15) is 4.79 Å². The lowest BCUT2D eigenvalue weighted by molar-refractivity contribution is 0.127. The molecule has 0 saturated heterocycles. The van der Waals surface area contributed by atoms with Crippen LogP contribution in [0.1, 0.15) is 25.7 Å². The molecule has 1 saturated carbocycles. The summed E-state index contributed by atoms with van der Waals surface area (Å²) in [5, 5.41) is 0.634. The Bertz CT molecular complexity index is 531. The number of benzene rings is 1. The molecule has 1 fully saturated rings. The lowest BCUT2D eigenvalue weighted by Crippen LogP contribution is -2.41. The minimum absolute atomic E-state index is 0.280. The maximum Gasteiger partial charge on any atom is 0.415 e. The molecular formula is C19H29ClN2O2S. The molecule has 0 bridgehead atoms. The van der Waals surface area contributed by atoms with Crippen LogP contribution in [0.3, 0.4) is 0 Å². The molecule has 1 aliphatic rings. The number of hydrogen-bond acceptors (Lipinski definition) is 4. The third-order valence-electron chi connectivity index (χ3n) is 4.71. The number of carbonyl (C=O) groups is 1. The average molecular weight is 385 g/mol. The molecule has 6 heteroatoms. The highest BCUT2D eigenvalue weighted by atomic mass is 35.5. The van der Waals surface area contributed by atoms with Gasteiger partial charge in [0.15, 0.2) is 0 Å². The van der Waals surface area contributed by atoms with Gasteiger partial charge < -0.3 is 14.5 Å². The van der Waals surface area contributed by atoms with E-state index in [4.69, 9.17) is 16.3 Å². The molecule has 4 nitrogen and oxygen atoms in total. The summed E-state index contributed by atoms with van der Waals surface area (Å²) >= 11 is 7.90. The third-order valence-corrected chi connectivity index (χ3v) is 6.14. The van der Waals surface area contributed by atoms with E-state index in [0.29, 0.717) is 10.8 Å². The molecule has 1 aromatic carbocycles.